The first-order valence-electron chi connectivity index (χ1n) is 9.80. The Hall–Kier alpha value is -2.93. The first-order valence-corrected chi connectivity index (χ1v) is 10.2. The highest BCUT2D eigenvalue weighted by molar-refractivity contribution is 6.33. The van der Waals surface area contributed by atoms with Gasteiger partial charge in [-0.25, -0.2) is 0 Å². The minimum atomic E-state index is -0.440. The molecule has 8 heteroatoms. The summed E-state index contributed by atoms with van der Waals surface area (Å²) in [5.41, 5.74) is 1.77. The highest BCUT2D eigenvalue weighted by atomic mass is 35.5. The number of halogens is 1. The quantitative estimate of drug-likeness (QED) is 0.585. The zero-order valence-electron chi connectivity index (χ0n) is 17.6. The molecule has 2 amide bonds. The third kappa shape index (κ3) is 6.29. The molecule has 0 saturated heterocycles. The van der Waals surface area contributed by atoms with E-state index in [1.54, 1.807) is 24.3 Å². The molecule has 2 N–H and O–H groups in total. The molecule has 0 saturated carbocycles. The first kappa shape index (κ1) is 23.3. The molecule has 0 aliphatic rings. The second-order valence-corrected chi connectivity index (χ2v) is 6.72. The topological polar surface area (TPSA) is 85.9 Å². The van der Waals surface area contributed by atoms with Crippen molar-refractivity contribution in [3.05, 3.63) is 46.5 Å². The van der Waals surface area contributed by atoms with E-state index in [9.17, 15) is 9.59 Å². The molecule has 0 bridgehead atoms. The normalized spacial score (nSPS) is 10.3. The summed E-state index contributed by atoms with van der Waals surface area (Å²) < 4.78 is 16.9. The Bertz CT molecular complexity index is 874. The van der Waals surface area contributed by atoms with Gasteiger partial charge in [-0.15, -0.1) is 0 Å². The molecule has 162 valence electrons. The van der Waals surface area contributed by atoms with Crippen molar-refractivity contribution in [2.24, 2.45) is 0 Å². The molecule has 0 atom stereocenters. The number of ether oxygens (including phenoxy) is 3. The molecule has 0 aromatic heterocycles. The molecular formula is C22H27ClN2O5. The minimum Gasteiger partial charge on any atom is -0.490 e. The smallest absolute Gasteiger partial charge is 0.251 e. The Morgan fingerprint density at radius 2 is 1.53 bits per heavy atom. The van der Waals surface area contributed by atoms with Gasteiger partial charge in [-0.05, 0) is 57.5 Å². The Morgan fingerprint density at radius 1 is 0.933 bits per heavy atom. The lowest BCUT2D eigenvalue weighted by Gasteiger charge is -2.17. The maximum absolute atomic E-state index is 12.6. The van der Waals surface area contributed by atoms with Crippen LogP contribution < -0.4 is 24.8 Å². The van der Waals surface area contributed by atoms with Crippen LogP contribution >= 0.6 is 11.6 Å². The van der Waals surface area contributed by atoms with Crippen molar-refractivity contribution in [3.63, 3.8) is 0 Å². The van der Waals surface area contributed by atoms with E-state index in [1.165, 1.54) is 0 Å². The van der Waals surface area contributed by atoms with Crippen molar-refractivity contribution in [2.45, 2.75) is 27.7 Å². The summed E-state index contributed by atoms with van der Waals surface area (Å²) in [5, 5.41) is 5.71. The maximum atomic E-state index is 12.6. The van der Waals surface area contributed by atoms with Crippen molar-refractivity contribution in [2.75, 3.05) is 31.7 Å². The molecule has 0 aliphatic carbocycles. The van der Waals surface area contributed by atoms with E-state index in [-0.39, 0.29) is 6.54 Å². The van der Waals surface area contributed by atoms with Crippen molar-refractivity contribution in [1.29, 1.82) is 0 Å². The van der Waals surface area contributed by atoms with Crippen LogP contribution in [0, 0.1) is 6.92 Å². The number of aryl methyl sites for hydroxylation is 1. The number of hydrogen-bond donors (Lipinski definition) is 2. The largest absolute Gasteiger partial charge is 0.490 e. The lowest BCUT2D eigenvalue weighted by molar-refractivity contribution is -0.115. The number of hydrogen-bond acceptors (Lipinski definition) is 5. The van der Waals surface area contributed by atoms with Crippen molar-refractivity contribution in [1.82, 2.24) is 5.32 Å². The van der Waals surface area contributed by atoms with E-state index in [4.69, 9.17) is 25.8 Å². The number of carbonyl (C=O) groups is 2. The zero-order chi connectivity index (χ0) is 22.1. The number of anilines is 1. The lowest BCUT2D eigenvalue weighted by Crippen LogP contribution is -2.33. The summed E-state index contributed by atoms with van der Waals surface area (Å²) >= 11 is 6.13. The number of carbonyl (C=O) groups excluding carboxylic acids is 2. The van der Waals surface area contributed by atoms with E-state index in [0.29, 0.717) is 53.3 Å². The number of amides is 2. The van der Waals surface area contributed by atoms with Gasteiger partial charge in [0.25, 0.3) is 5.91 Å². The standard InChI is InChI=1S/C22H27ClN2O5/c1-5-28-18-11-15(12-19(29-6-2)21(18)30-7-3)22(27)24-13-20(26)25-17-9-8-14(4)10-16(17)23/h8-12H,5-7,13H2,1-4H3,(H,24,27)(H,25,26). The molecule has 0 aliphatic heterocycles. The van der Waals surface area contributed by atoms with E-state index in [2.05, 4.69) is 10.6 Å². The van der Waals surface area contributed by atoms with E-state index in [0.717, 1.165) is 5.56 Å². The zero-order valence-corrected chi connectivity index (χ0v) is 18.4. The van der Waals surface area contributed by atoms with Gasteiger partial charge in [-0.1, -0.05) is 17.7 Å². The Labute approximate surface area is 181 Å². The summed E-state index contributed by atoms with van der Waals surface area (Å²) in [6, 6.07) is 8.44. The molecule has 2 aromatic rings. The van der Waals surface area contributed by atoms with Crippen LogP contribution in [0.4, 0.5) is 5.69 Å². The van der Waals surface area contributed by atoms with E-state index < -0.39 is 11.8 Å². The van der Waals surface area contributed by atoms with E-state index >= 15 is 0 Å². The minimum absolute atomic E-state index is 0.218. The van der Waals surface area contributed by atoms with Crippen LogP contribution in [0.5, 0.6) is 17.2 Å². The predicted molar refractivity (Wildman–Crippen MR) is 117 cm³/mol. The van der Waals surface area contributed by atoms with Crippen LogP contribution in [0.15, 0.2) is 30.3 Å². The molecule has 0 spiro atoms. The van der Waals surface area contributed by atoms with Crippen LogP contribution in [0.3, 0.4) is 0 Å². The molecule has 7 nitrogen and oxygen atoms in total. The monoisotopic (exact) mass is 434 g/mol. The van der Waals surface area contributed by atoms with Gasteiger partial charge in [0.2, 0.25) is 11.7 Å². The Balaban J connectivity index is 2.12. The van der Waals surface area contributed by atoms with Crippen LogP contribution in [0.2, 0.25) is 5.02 Å². The molecule has 0 heterocycles. The summed E-state index contributed by atoms with van der Waals surface area (Å²) in [5.74, 6) is 0.433. The fraction of sp³-hybridized carbons (Fsp3) is 0.364. The SMILES string of the molecule is CCOc1cc(C(=O)NCC(=O)Nc2ccc(C)cc2Cl)cc(OCC)c1OCC. The summed E-state index contributed by atoms with van der Waals surface area (Å²) in [6.45, 7) is 8.43. The molecule has 2 rings (SSSR count). The second-order valence-electron chi connectivity index (χ2n) is 6.31. The summed E-state index contributed by atoms with van der Waals surface area (Å²) in [7, 11) is 0. The summed E-state index contributed by atoms with van der Waals surface area (Å²) in [4.78, 5) is 24.8. The highest BCUT2D eigenvalue weighted by Gasteiger charge is 2.19. The number of nitrogens with one attached hydrogen (secondary N) is 2. The van der Waals surface area contributed by atoms with Gasteiger partial charge < -0.3 is 24.8 Å². The van der Waals surface area contributed by atoms with Gasteiger partial charge >= 0.3 is 0 Å². The highest BCUT2D eigenvalue weighted by Crippen LogP contribution is 2.39. The first-order chi connectivity index (χ1) is 14.4. The Morgan fingerprint density at radius 3 is 2.07 bits per heavy atom. The van der Waals surface area contributed by atoms with Crippen LogP contribution in [-0.4, -0.2) is 38.2 Å². The third-order valence-electron chi connectivity index (χ3n) is 3.98. The number of benzene rings is 2. The molecular weight excluding hydrogens is 408 g/mol. The maximum Gasteiger partial charge on any atom is 0.251 e. The molecule has 30 heavy (non-hydrogen) atoms. The second kappa shape index (κ2) is 11.3. The molecule has 0 radical (unpaired) electrons. The van der Waals surface area contributed by atoms with Crippen molar-refractivity contribution in [3.8, 4) is 17.2 Å². The van der Waals surface area contributed by atoms with Gasteiger partial charge in [0, 0.05) is 5.56 Å². The van der Waals surface area contributed by atoms with Crippen molar-refractivity contribution < 1.29 is 23.8 Å². The van der Waals surface area contributed by atoms with Crippen LogP contribution in [-0.2, 0) is 4.79 Å². The fourth-order valence-electron chi connectivity index (χ4n) is 2.70. The summed E-state index contributed by atoms with van der Waals surface area (Å²) in [6.07, 6.45) is 0. The Kier molecular flexibility index (Phi) is 8.80. The molecule has 0 fully saturated rings. The lowest BCUT2D eigenvalue weighted by atomic mass is 10.1. The van der Waals surface area contributed by atoms with Gasteiger partial charge in [-0.2, -0.15) is 0 Å². The third-order valence-corrected chi connectivity index (χ3v) is 4.29. The molecule has 0 unspecified atom stereocenters. The van der Waals surface area contributed by atoms with Gasteiger partial charge in [0.1, 0.15) is 0 Å². The van der Waals surface area contributed by atoms with Crippen LogP contribution in [0.1, 0.15) is 36.7 Å². The van der Waals surface area contributed by atoms with E-state index in [1.807, 2.05) is 33.8 Å². The van der Waals surface area contributed by atoms with Gasteiger partial charge in [0.05, 0.1) is 37.1 Å². The van der Waals surface area contributed by atoms with Gasteiger partial charge in [0.15, 0.2) is 11.5 Å². The molecule has 2 aromatic carbocycles. The average Bonchev–Trinajstić information content (AvgIpc) is 2.71. The fourth-order valence-corrected chi connectivity index (χ4v) is 2.98. The van der Waals surface area contributed by atoms with Gasteiger partial charge in [-0.3, -0.25) is 9.59 Å². The predicted octanol–water partition coefficient (Wildman–Crippen LogP) is 4.21. The number of rotatable bonds is 10. The van der Waals surface area contributed by atoms with Crippen LogP contribution in [0.25, 0.3) is 0 Å². The van der Waals surface area contributed by atoms with Crippen molar-refractivity contribution >= 4 is 29.1 Å². The average molecular weight is 435 g/mol.